The third-order valence-corrected chi connectivity index (χ3v) is 7.55. The molecule has 1 saturated carbocycles. The van der Waals surface area contributed by atoms with Gasteiger partial charge in [0.05, 0.1) is 5.69 Å². The highest BCUT2D eigenvalue weighted by atomic mass is 79.9. The molecule has 0 amide bonds. The van der Waals surface area contributed by atoms with Gasteiger partial charge in [0.1, 0.15) is 4.75 Å². The van der Waals surface area contributed by atoms with Gasteiger partial charge < -0.3 is 10.2 Å². The highest BCUT2D eigenvalue weighted by Gasteiger charge is 2.36. The molecule has 1 saturated heterocycles. The second-order valence-electron chi connectivity index (χ2n) is 8.75. The zero-order chi connectivity index (χ0) is 22.3. The van der Waals surface area contributed by atoms with Gasteiger partial charge in [-0.25, -0.2) is 4.79 Å². The molecule has 0 unspecified atom stereocenters. The van der Waals surface area contributed by atoms with E-state index in [9.17, 15) is 4.79 Å². The number of nitrogens with one attached hydrogen (secondary N) is 1. The molecule has 2 aromatic carbocycles. The molecular weight excluding hydrogens is 490 g/mol. The monoisotopic (exact) mass is 515 g/mol. The van der Waals surface area contributed by atoms with Gasteiger partial charge in [0, 0.05) is 31.6 Å². The maximum absolute atomic E-state index is 13.0. The number of fused-ring (bicyclic) bond motifs is 1. The third kappa shape index (κ3) is 4.31. The van der Waals surface area contributed by atoms with Crippen LogP contribution in [0.1, 0.15) is 38.2 Å². The molecule has 1 aliphatic heterocycles. The Morgan fingerprint density at radius 3 is 2.56 bits per heavy atom. The van der Waals surface area contributed by atoms with E-state index in [-0.39, 0.29) is 5.97 Å². The van der Waals surface area contributed by atoms with Crippen LogP contribution < -0.4 is 5.32 Å². The lowest BCUT2D eigenvalue weighted by Gasteiger charge is -2.29. The predicted molar refractivity (Wildman–Crippen MR) is 129 cm³/mol. The Bertz CT molecular complexity index is 1150. The first kappa shape index (κ1) is 21.9. The molecule has 5 rings (SSSR count). The molecule has 32 heavy (non-hydrogen) atoms. The number of rotatable bonds is 6. The Morgan fingerprint density at radius 1 is 1.12 bits per heavy atom. The molecule has 9 heteroatoms. The van der Waals surface area contributed by atoms with E-state index in [0.29, 0.717) is 28.9 Å². The van der Waals surface area contributed by atoms with Gasteiger partial charge in [0.15, 0.2) is 5.16 Å². The molecule has 0 bridgehead atoms. The maximum Gasteiger partial charge on any atom is 0.340 e. The molecule has 0 radical (unpaired) electrons. The van der Waals surface area contributed by atoms with Gasteiger partial charge in [-0.3, -0.25) is 4.57 Å². The first-order chi connectivity index (χ1) is 15.4. The molecule has 1 N–H and O–H groups in total. The highest BCUT2D eigenvalue weighted by molar-refractivity contribution is 9.10. The second kappa shape index (κ2) is 8.78. The van der Waals surface area contributed by atoms with Crippen LogP contribution in [0, 0.1) is 0 Å². The van der Waals surface area contributed by atoms with Gasteiger partial charge in [-0.15, -0.1) is 15.3 Å². The number of hydrogen-bond donors (Lipinski definition) is 1. The molecule has 2 heterocycles. The van der Waals surface area contributed by atoms with Gasteiger partial charge in [-0.2, -0.15) is 0 Å². The quantitative estimate of drug-likeness (QED) is 0.490. The van der Waals surface area contributed by atoms with Crippen molar-refractivity contribution in [3.8, 4) is 5.69 Å². The van der Waals surface area contributed by atoms with Crippen molar-refractivity contribution in [1.29, 1.82) is 0 Å². The van der Waals surface area contributed by atoms with Crippen molar-refractivity contribution in [2.75, 3.05) is 26.2 Å². The number of nitrogens with zero attached hydrogens (tertiary/aromatic N) is 4. The first-order valence-electron chi connectivity index (χ1n) is 10.9. The number of carbonyl (C=O) groups excluding carboxylic acids is 1. The van der Waals surface area contributed by atoms with Crippen molar-refractivity contribution in [2.24, 2.45) is 0 Å². The van der Waals surface area contributed by atoms with E-state index in [0.717, 1.165) is 24.2 Å². The van der Waals surface area contributed by atoms with Crippen LogP contribution in [-0.2, 0) is 9.63 Å². The Morgan fingerprint density at radius 2 is 1.84 bits per heavy atom. The fourth-order valence-electron chi connectivity index (χ4n) is 4.01. The maximum atomic E-state index is 13.0. The zero-order valence-electron chi connectivity index (χ0n) is 18.2. The number of thioether (sulfide) groups is 1. The Kier molecular flexibility index (Phi) is 6.00. The standard InChI is InChI=1S/C23H26BrN5O2S/c1-23(2,20(30)31-28-13-11-25-12-14-28)32-22-27-26-21(24)29(22)19-10-9-16(15-7-8-15)17-5-3-4-6-18(17)19/h3-6,9-10,15,25H,7-8,11-14H2,1-2H3. The summed E-state index contributed by atoms with van der Waals surface area (Å²) < 4.78 is 1.75. The van der Waals surface area contributed by atoms with Gasteiger partial charge in [-0.05, 0) is 65.6 Å². The number of aromatic nitrogens is 3. The first-order valence-corrected chi connectivity index (χ1v) is 12.5. The largest absolute Gasteiger partial charge is 0.366 e. The molecule has 2 aliphatic rings. The number of carbonyl (C=O) groups is 1. The van der Waals surface area contributed by atoms with Crippen LogP contribution in [0.5, 0.6) is 0 Å². The predicted octanol–water partition coefficient (Wildman–Crippen LogP) is 4.29. The molecule has 7 nitrogen and oxygen atoms in total. The normalized spacial score (nSPS) is 17.6. The van der Waals surface area contributed by atoms with Crippen molar-refractivity contribution >= 4 is 44.4 Å². The van der Waals surface area contributed by atoms with Crippen LogP contribution in [0.15, 0.2) is 46.3 Å². The summed E-state index contributed by atoms with van der Waals surface area (Å²) in [5.41, 5.74) is 2.40. The SMILES string of the molecule is CC(C)(Sc1nnc(Br)n1-c1ccc(C2CC2)c2ccccc12)C(=O)ON1CCNCC1. The number of piperazine rings is 1. The highest BCUT2D eigenvalue weighted by Crippen LogP contribution is 2.45. The minimum atomic E-state index is -0.834. The lowest BCUT2D eigenvalue weighted by molar-refractivity contribution is -0.194. The summed E-state index contributed by atoms with van der Waals surface area (Å²) in [5.74, 6) is 0.370. The molecule has 2 fully saturated rings. The minimum Gasteiger partial charge on any atom is -0.366 e. The van der Waals surface area contributed by atoms with E-state index < -0.39 is 4.75 Å². The van der Waals surface area contributed by atoms with E-state index in [2.05, 4.69) is 67.8 Å². The lowest BCUT2D eigenvalue weighted by Crippen LogP contribution is -2.46. The summed E-state index contributed by atoms with van der Waals surface area (Å²) in [5, 5.41) is 16.7. The molecule has 3 aromatic rings. The fraction of sp³-hybridized carbons (Fsp3) is 0.435. The van der Waals surface area contributed by atoms with Crippen LogP contribution in [-0.4, -0.2) is 56.7 Å². The van der Waals surface area contributed by atoms with E-state index in [1.807, 2.05) is 18.4 Å². The number of benzene rings is 2. The van der Waals surface area contributed by atoms with E-state index in [1.165, 1.54) is 35.6 Å². The summed E-state index contributed by atoms with van der Waals surface area (Å²) >= 11 is 4.93. The summed E-state index contributed by atoms with van der Waals surface area (Å²) in [6, 6.07) is 12.8. The summed E-state index contributed by atoms with van der Waals surface area (Å²) in [6.45, 7) is 6.73. The summed E-state index contributed by atoms with van der Waals surface area (Å²) in [7, 11) is 0. The minimum absolute atomic E-state index is 0.288. The van der Waals surface area contributed by atoms with Crippen molar-refractivity contribution in [3.05, 3.63) is 46.7 Å². The molecule has 1 aromatic heterocycles. The topological polar surface area (TPSA) is 72.3 Å². The molecule has 0 atom stereocenters. The number of hydrogen-bond acceptors (Lipinski definition) is 7. The van der Waals surface area contributed by atoms with Gasteiger partial charge in [0.2, 0.25) is 4.73 Å². The smallest absolute Gasteiger partial charge is 0.340 e. The van der Waals surface area contributed by atoms with Gasteiger partial charge >= 0.3 is 5.97 Å². The number of hydroxylamine groups is 2. The summed E-state index contributed by atoms with van der Waals surface area (Å²) in [6.07, 6.45) is 2.51. The van der Waals surface area contributed by atoms with Crippen molar-refractivity contribution in [1.82, 2.24) is 25.1 Å². The Hall–Kier alpha value is -1.94. The van der Waals surface area contributed by atoms with Crippen molar-refractivity contribution < 1.29 is 9.63 Å². The van der Waals surface area contributed by atoms with Crippen LogP contribution in [0.25, 0.3) is 16.5 Å². The van der Waals surface area contributed by atoms with Crippen molar-refractivity contribution in [3.63, 3.8) is 0 Å². The van der Waals surface area contributed by atoms with E-state index in [1.54, 1.807) is 5.06 Å². The van der Waals surface area contributed by atoms with E-state index in [4.69, 9.17) is 4.84 Å². The second-order valence-corrected chi connectivity index (χ2v) is 11.1. The Labute approximate surface area is 200 Å². The molecule has 0 spiro atoms. The fourth-order valence-corrected chi connectivity index (χ4v) is 5.50. The van der Waals surface area contributed by atoms with Gasteiger partial charge in [-0.1, -0.05) is 42.1 Å². The third-order valence-electron chi connectivity index (χ3n) is 5.91. The van der Waals surface area contributed by atoms with Crippen LogP contribution in [0.2, 0.25) is 0 Å². The lowest BCUT2D eigenvalue weighted by atomic mass is 9.99. The van der Waals surface area contributed by atoms with Crippen molar-refractivity contribution in [2.45, 2.75) is 42.5 Å². The van der Waals surface area contributed by atoms with Crippen LogP contribution >= 0.6 is 27.7 Å². The summed E-state index contributed by atoms with van der Waals surface area (Å²) in [4.78, 5) is 18.6. The van der Waals surface area contributed by atoms with Crippen LogP contribution in [0.3, 0.4) is 0 Å². The van der Waals surface area contributed by atoms with Crippen LogP contribution in [0.4, 0.5) is 0 Å². The average molecular weight is 516 g/mol. The number of halogens is 1. The van der Waals surface area contributed by atoms with E-state index >= 15 is 0 Å². The molecule has 168 valence electrons. The molecular formula is C23H26BrN5O2S. The zero-order valence-corrected chi connectivity index (χ0v) is 20.6. The molecule has 1 aliphatic carbocycles. The Balaban J connectivity index is 1.46. The van der Waals surface area contributed by atoms with Gasteiger partial charge in [0.25, 0.3) is 0 Å². The average Bonchev–Trinajstić information content (AvgIpc) is 3.57.